The molecule has 0 aliphatic heterocycles. The first-order chi connectivity index (χ1) is 14.8. The zero-order valence-electron chi connectivity index (χ0n) is 16.2. The minimum Gasteiger partial charge on any atom is -0.336 e. The fourth-order valence-corrected chi connectivity index (χ4v) is 3.15. The van der Waals surface area contributed by atoms with E-state index in [1.807, 2.05) is 6.07 Å². The predicted molar refractivity (Wildman–Crippen MR) is 108 cm³/mol. The Morgan fingerprint density at radius 1 is 1.16 bits per heavy atom. The monoisotopic (exact) mass is 447 g/mol. The van der Waals surface area contributed by atoms with Gasteiger partial charge in [-0.3, -0.25) is 9.78 Å². The van der Waals surface area contributed by atoms with Crippen LogP contribution in [-0.2, 0) is 12.6 Å². The summed E-state index contributed by atoms with van der Waals surface area (Å²) in [5, 5.41) is 12.7. The van der Waals surface area contributed by atoms with Gasteiger partial charge in [-0.2, -0.15) is 23.5 Å². The Morgan fingerprint density at radius 2 is 1.90 bits per heavy atom. The van der Waals surface area contributed by atoms with Gasteiger partial charge in [0.05, 0.1) is 23.2 Å². The van der Waals surface area contributed by atoms with E-state index in [0.29, 0.717) is 18.2 Å². The molecule has 0 N–H and O–H groups in total. The number of alkyl halides is 3. The highest BCUT2D eigenvalue weighted by atomic mass is 35.5. The van der Waals surface area contributed by atoms with Crippen LogP contribution in [0.3, 0.4) is 0 Å². The number of pyridine rings is 1. The highest BCUT2D eigenvalue weighted by molar-refractivity contribution is 6.32. The molecule has 0 atom stereocenters. The Labute approximate surface area is 181 Å². The Kier molecular flexibility index (Phi) is 6.92. The summed E-state index contributed by atoms with van der Waals surface area (Å²) >= 11 is 6.15. The summed E-state index contributed by atoms with van der Waals surface area (Å²) < 4.78 is 40.9. The summed E-state index contributed by atoms with van der Waals surface area (Å²) in [6.07, 6.45) is -2.73. The number of hydrogen-bond acceptors (Lipinski definition) is 4. The van der Waals surface area contributed by atoms with Gasteiger partial charge in [-0.25, -0.2) is 4.68 Å². The molecule has 0 saturated heterocycles. The van der Waals surface area contributed by atoms with Crippen molar-refractivity contribution in [3.8, 4) is 11.8 Å². The third kappa shape index (κ3) is 5.41. The minimum atomic E-state index is -4.74. The quantitative estimate of drug-likeness (QED) is 0.533. The van der Waals surface area contributed by atoms with Crippen LogP contribution in [-0.4, -0.2) is 38.7 Å². The number of hydrogen-bond donors (Lipinski definition) is 0. The van der Waals surface area contributed by atoms with Gasteiger partial charge in [0.1, 0.15) is 5.69 Å². The maximum atomic E-state index is 13.3. The van der Waals surface area contributed by atoms with Gasteiger partial charge in [-0.05, 0) is 24.3 Å². The molecule has 31 heavy (non-hydrogen) atoms. The van der Waals surface area contributed by atoms with E-state index in [1.165, 1.54) is 17.0 Å². The van der Waals surface area contributed by atoms with E-state index in [4.69, 9.17) is 16.9 Å². The van der Waals surface area contributed by atoms with Crippen molar-refractivity contribution in [1.29, 1.82) is 5.26 Å². The molecule has 1 amide bonds. The van der Waals surface area contributed by atoms with Crippen molar-refractivity contribution in [1.82, 2.24) is 19.7 Å². The van der Waals surface area contributed by atoms with Crippen LogP contribution in [0.5, 0.6) is 0 Å². The van der Waals surface area contributed by atoms with Crippen molar-refractivity contribution in [2.45, 2.75) is 19.0 Å². The number of carbonyl (C=O) groups is 1. The van der Waals surface area contributed by atoms with E-state index < -0.39 is 17.8 Å². The van der Waals surface area contributed by atoms with E-state index in [9.17, 15) is 18.0 Å². The molecule has 0 aliphatic rings. The standard InChI is InChI=1S/C21H17ClF3N5O/c22-16-7-1-2-8-17(16)30-18(14-19(28-30)21(23,24)25)20(31)29(12-5-10-26)13-9-15-6-3-4-11-27-15/h1-4,6-8,11,14H,5,9,12-13H2. The summed E-state index contributed by atoms with van der Waals surface area (Å²) in [6, 6.07) is 14.2. The largest absolute Gasteiger partial charge is 0.435 e. The van der Waals surface area contributed by atoms with Crippen LogP contribution in [0.4, 0.5) is 13.2 Å². The smallest absolute Gasteiger partial charge is 0.336 e. The Morgan fingerprint density at radius 3 is 2.55 bits per heavy atom. The maximum absolute atomic E-state index is 13.3. The van der Waals surface area contributed by atoms with Crippen LogP contribution < -0.4 is 0 Å². The molecule has 160 valence electrons. The molecule has 10 heteroatoms. The van der Waals surface area contributed by atoms with Crippen LogP contribution in [0.15, 0.2) is 54.7 Å². The maximum Gasteiger partial charge on any atom is 0.435 e. The summed E-state index contributed by atoms with van der Waals surface area (Å²) in [4.78, 5) is 18.8. The molecule has 0 unspecified atom stereocenters. The van der Waals surface area contributed by atoms with Crippen molar-refractivity contribution < 1.29 is 18.0 Å². The first-order valence-electron chi connectivity index (χ1n) is 9.29. The number of nitrogens with zero attached hydrogens (tertiary/aromatic N) is 5. The Bertz CT molecular complexity index is 1090. The second-order valence-corrected chi connectivity index (χ2v) is 6.95. The number of aromatic nitrogens is 3. The van der Waals surface area contributed by atoms with E-state index >= 15 is 0 Å². The van der Waals surface area contributed by atoms with Crippen molar-refractivity contribution in [3.63, 3.8) is 0 Å². The molecule has 3 aromatic rings. The fraction of sp³-hybridized carbons (Fsp3) is 0.238. The van der Waals surface area contributed by atoms with Crippen LogP contribution in [0.1, 0.15) is 28.3 Å². The summed E-state index contributed by atoms with van der Waals surface area (Å²) in [5.74, 6) is -0.686. The molecule has 2 aromatic heterocycles. The molecule has 0 saturated carbocycles. The Hall–Kier alpha value is -3.38. The Balaban J connectivity index is 1.98. The zero-order valence-corrected chi connectivity index (χ0v) is 16.9. The lowest BCUT2D eigenvalue weighted by Crippen LogP contribution is -2.35. The van der Waals surface area contributed by atoms with Gasteiger partial charge in [-0.1, -0.05) is 29.8 Å². The van der Waals surface area contributed by atoms with E-state index in [2.05, 4.69) is 10.1 Å². The lowest BCUT2D eigenvalue weighted by Gasteiger charge is -2.22. The van der Waals surface area contributed by atoms with Crippen molar-refractivity contribution in [3.05, 3.63) is 76.8 Å². The van der Waals surface area contributed by atoms with Crippen molar-refractivity contribution >= 4 is 17.5 Å². The van der Waals surface area contributed by atoms with Gasteiger partial charge >= 0.3 is 6.18 Å². The molecule has 0 fully saturated rings. The number of rotatable bonds is 7. The number of amides is 1. The van der Waals surface area contributed by atoms with E-state index in [0.717, 1.165) is 4.68 Å². The molecule has 1 aromatic carbocycles. The van der Waals surface area contributed by atoms with E-state index in [1.54, 1.807) is 36.5 Å². The van der Waals surface area contributed by atoms with Gasteiger partial charge < -0.3 is 4.90 Å². The summed E-state index contributed by atoms with van der Waals surface area (Å²) in [7, 11) is 0. The molecule has 0 bridgehead atoms. The molecular weight excluding hydrogens is 431 g/mol. The first-order valence-corrected chi connectivity index (χ1v) is 9.67. The van der Waals surface area contributed by atoms with Gasteiger partial charge in [-0.15, -0.1) is 0 Å². The lowest BCUT2D eigenvalue weighted by molar-refractivity contribution is -0.141. The third-order valence-corrected chi connectivity index (χ3v) is 4.76. The number of halogens is 4. The first kappa shape index (κ1) is 22.3. The second kappa shape index (κ2) is 9.62. The summed E-state index contributed by atoms with van der Waals surface area (Å²) in [6.45, 7) is 0.226. The lowest BCUT2D eigenvalue weighted by atomic mass is 10.2. The number of para-hydroxylation sites is 1. The molecule has 0 spiro atoms. The highest BCUT2D eigenvalue weighted by Crippen LogP contribution is 2.31. The minimum absolute atomic E-state index is 0.0281. The average molecular weight is 448 g/mol. The number of carbonyl (C=O) groups excluding carboxylic acids is 1. The van der Waals surface area contributed by atoms with Gasteiger partial charge in [0, 0.05) is 37.5 Å². The predicted octanol–water partition coefficient (Wildman–Crippen LogP) is 4.54. The normalized spacial score (nSPS) is 11.2. The second-order valence-electron chi connectivity index (χ2n) is 6.55. The fourth-order valence-electron chi connectivity index (χ4n) is 2.94. The molecule has 2 heterocycles. The topological polar surface area (TPSA) is 74.8 Å². The zero-order chi connectivity index (χ0) is 22.4. The van der Waals surface area contributed by atoms with Crippen molar-refractivity contribution in [2.75, 3.05) is 13.1 Å². The number of benzene rings is 1. The van der Waals surface area contributed by atoms with Gasteiger partial charge in [0.25, 0.3) is 5.91 Å². The third-order valence-electron chi connectivity index (χ3n) is 4.44. The van der Waals surface area contributed by atoms with E-state index in [-0.39, 0.29) is 35.9 Å². The van der Waals surface area contributed by atoms with Gasteiger partial charge in [0.15, 0.2) is 5.69 Å². The van der Waals surface area contributed by atoms with Crippen LogP contribution in [0, 0.1) is 11.3 Å². The molecule has 0 radical (unpaired) electrons. The summed E-state index contributed by atoms with van der Waals surface area (Å²) in [5.41, 5.74) is -0.638. The average Bonchev–Trinajstić information content (AvgIpc) is 3.20. The van der Waals surface area contributed by atoms with Crippen LogP contribution in [0.25, 0.3) is 5.69 Å². The highest BCUT2D eigenvalue weighted by Gasteiger charge is 2.37. The molecule has 3 rings (SSSR count). The molecular formula is C21H17ClF3N5O. The van der Waals surface area contributed by atoms with Gasteiger partial charge in [0.2, 0.25) is 0 Å². The number of nitriles is 1. The molecule has 6 nitrogen and oxygen atoms in total. The van der Waals surface area contributed by atoms with Crippen LogP contribution in [0.2, 0.25) is 5.02 Å². The van der Waals surface area contributed by atoms with Crippen molar-refractivity contribution in [2.24, 2.45) is 0 Å². The molecule has 0 aliphatic carbocycles. The van der Waals surface area contributed by atoms with Crippen LogP contribution >= 0.6 is 11.6 Å². The SMILES string of the molecule is N#CCCN(CCc1ccccn1)C(=O)c1cc(C(F)(F)F)nn1-c1ccccc1Cl.